The van der Waals surface area contributed by atoms with Crippen molar-refractivity contribution in [1.29, 1.82) is 0 Å². The Kier molecular flexibility index (Phi) is 3.34. The van der Waals surface area contributed by atoms with Crippen LogP contribution in [0.15, 0.2) is 11.2 Å². The number of hydrogen-bond acceptors (Lipinski definition) is 5. The Morgan fingerprint density at radius 1 is 1.47 bits per heavy atom. The van der Waals surface area contributed by atoms with Crippen molar-refractivity contribution in [3.8, 4) is 0 Å². The molecule has 0 radical (unpaired) electrons. The van der Waals surface area contributed by atoms with E-state index in [1.54, 1.807) is 0 Å². The van der Waals surface area contributed by atoms with E-state index < -0.39 is 10.0 Å². The van der Waals surface area contributed by atoms with Crippen LogP contribution >= 0.6 is 0 Å². The molecule has 1 aromatic heterocycles. The van der Waals surface area contributed by atoms with Gasteiger partial charge in [0.05, 0.1) is 18.3 Å². The molecule has 3 rings (SSSR count). The minimum atomic E-state index is -3.61. The zero-order valence-corrected chi connectivity index (χ0v) is 11.3. The maximum absolute atomic E-state index is 12.3. The first-order chi connectivity index (χ1) is 9.12. The van der Waals surface area contributed by atoms with Gasteiger partial charge in [0.15, 0.2) is 5.03 Å². The number of nitrogens with two attached hydrogens (primary N) is 1. The third-order valence-corrected chi connectivity index (χ3v) is 5.20. The second kappa shape index (κ2) is 4.86. The van der Waals surface area contributed by atoms with E-state index in [1.165, 1.54) is 6.20 Å². The van der Waals surface area contributed by atoms with Gasteiger partial charge in [0.1, 0.15) is 0 Å². The van der Waals surface area contributed by atoms with Crippen molar-refractivity contribution >= 4 is 10.0 Å². The van der Waals surface area contributed by atoms with Crippen LogP contribution in [-0.2, 0) is 21.3 Å². The third-order valence-electron chi connectivity index (χ3n) is 3.70. The van der Waals surface area contributed by atoms with Crippen LogP contribution in [0.4, 0.5) is 0 Å². The number of sulfonamides is 1. The lowest BCUT2D eigenvalue weighted by molar-refractivity contribution is 0.0848. The summed E-state index contributed by atoms with van der Waals surface area (Å²) in [4.78, 5) is 0. The molecule has 1 aromatic rings. The monoisotopic (exact) mass is 286 g/mol. The van der Waals surface area contributed by atoms with E-state index in [1.807, 2.05) is 0 Å². The first-order valence-electron chi connectivity index (χ1n) is 6.48. The van der Waals surface area contributed by atoms with Crippen LogP contribution in [0.1, 0.15) is 24.8 Å². The fourth-order valence-corrected chi connectivity index (χ4v) is 3.98. The van der Waals surface area contributed by atoms with Crippen LogP contribution in [0.5, 0.6) is 0 Å². The number of nitrogens with one attached hydrogen (secondary N) is 2. The van der Waals surface area contributed by atoms with Gasteiger partial charge in [-0.05, 0) is 25.2 Å². The molecular weight excluding hydrogens is 268 g/mol. The van der Waals surface area contributed by atoms with Crippen LogP contribution in [0.25, 0.3) is 0 Å². The lowest BCUT2D eigenvalue weighted by Gasteiger charge is -2.19. The van der Waals surface area contributed by atoms with Gasteiger partial charge in [-0.3, -0.25) is 5.10 Å². The Hall–Kier alpha value is -0.960. The second-order valence-electron chi connectivity index (χ2n) is 5.12. The molecule has 106 valence electrons. The topological polar surface area (TPSA) is 110 Å². The Morgan fingerprint density at radius 2 is 2.26 bits per heavy atom. The Bertz CT molecular complexity index is 552. The maximum atomic E-state index is 12.3. The van der Waals surface area contributed by atoms with Crippen LogP contribution in [0.2, 0.25) is 0 Å². The molecular formula is C11H18N4O3S. The van der Waals surface area contributed by atoms with Gasteiger partial charge in [-0.25, -0.2) is 13.1 Å². The minimum absolute atomic E-state index is 0.0130. The largest absolute Gasteiger partial charge is 0.376 e. The number of aromatic nitrogens is 2. The van der Waals surface area contributed by atoms with Crippen molar-refractivity contribution in [2.24, 2.45) is 11.7 Å². The summed E-state index contributed by atoms with van der Waals surface area (Å²) in [7, 11) is -3.61. The van der Waals surface area contributed by atoms with Crippen LogP contribution < -0.4 is 10.5 Å². The fraction of sp³-hybridized carbons (Fsp3) is 0.727. The zero-order valence-electron chi connectivity index (χ0n) is 10.5. The van der Waals surface area contributed by atoms with Crippen molar-refractivity contribution in [2.75, 3.05) is 6.61 Å². The number of hydrogen-bond donors (Lipinski definition) is 3. The molecule has 7 nitrogen and oxygen atoms in total. The Labute approximate surface area is 112 Å². The molecule has 1 saturated heterocycles. The molecule has 8 heteroatoms. The summed E-state index contributed by atoms with van der Waals surface area (Å²) in [5.41, 5.74) is 6.00. The standard InChI is InChI=1S/C11H18N4O3S/c12-5-8-6-13-14-11(8)19(16,17)15-9-3-4-18-10(9)7-1-2-7/h6-7,9-10,15H,1-5,12H2,(H,13,14). The van der Waals surface area contributed by atoms with Gasteiger partial charge in [0.2, 0.25) is 0 Å². The Balaban J connectivity index is 1.77. The van der Waals surface area contributed by atoms with E-state index in [0.717, 1.165) is 12.8 Å². The van der Waals surface area contributed by atoms with E-state index >= 15 is 0 Å². The number of H-pyrrole nitrogens is 1. The fourth-order valence-electron chi connectivity index (χ4n) is 2.56. The Morgan fingerprint density at radius 3 is 2.95 bits per heavy atom. The van der Waals surface area contributed by atoms with E-state index in [2.05, 4.69) is 14.9 Å². The highest BCUT2D eigenvalue weighted by Crippen LogP contribution is 2.39. The van der Waals surface area contributed by atoms with E-state index in [-0.39, 0.29) is 23.7 Å². The molecule has 2 atom stereocenters. The zero-order chi connectivity index (χ0) is 13.5. The number of aromatic amines is 1. The van der Waals surface area contributed by atoms with Gasteiger partial charge in [-0.1, -0.05) is 0 Å². The molecule has 1 aliphatic heterocycles. The molecule has 0 amide bonds. The molecule has 0 bridgehead atoms. The maximum Gasteiger partial charge on any atom is 0.258 e. The lowest BCUT2D eigenvalue weighted by Crippen LogP contribution is -2.41. The highest BCUT2D eigenvalue weighted by molar-refractivity contribution is 7.89. The van der Waals surface area contributed by atoms with Crippen molar-refractivity contribution in [3.63, 3.8) is 0 Å². The average molecular weight is 286 g/mol. The van der Waals surface area contributed by atoms with Gasteiger partial charge in [-0.2, -0.15) is 5.10 Å². The first kappa shape index (κ1) is 13.0. The predicted molar refractivity (Wildman–Crippen MR) is 67.7 cm³/mol. The number of nitrogens with zero attached hydrogens (tertiary/aromatic N) is 1. The average Bonchev–Trinajstić information content (AvgIpc) is 2.92. The van der Waals surface area contributed by atoms with Crippen molar-refractivity contribution in [2.45, 2.75) is 43.0 Å². The molecule has 0 aromatic carbocycles. The van der Waals surface area contributed by atoms with Gasteiger partial charge >= 0.3 is 0 Å². The normalized spacial score (nSPS) is 27.8. The molecule has 0 spiro atoms. The molecule has 2 unspecified atom stereocenters. The van der Waals surface area contributed by atoms with E-state index in [4.69, 9.17) is 10.5 Å². The van der Waals surface area contributed by atoms with Crippen LogP contribution in [-0.4, -0.2) is 37.4 Å². The van der Waals surface area contributed by atoms with Crippen molar-refractivity contribution in [1.82, 2.24) is 14.9 Å². The van der Waals surface area contributed by atoms with Crippen LogP contribution in [0.3, 0.4) is 0 Å². The predicted octanol–water partition coefficient (Wildman–Crippen LogP) is -0.286. The SMILES string of the molecule is NCc1cn[nH]c1S(=O)(=O)NC1CCOC1C1CC1. The van der Waals surface area contributed by atoms with Crippen molar-refractivity contribution < 1.29 is 13.2 Å². The quantitative estimate of drug-likeness (QED) is 0.689. The van der Waals surface area contributed by atoms with Gasteiger partial charge < -0.3 is 10.5 Å². The third kappa shape index (κ3) is 2.53. The summed E-state index contributed by atoms with van der Waals surface area (Å²) in [6, 6.07) is -0.147. The van der Waals surface area contributed by atoms with Crippen LogP contribution in [0, 0.1) is 5.92 Å². The second-order valence-corrected chi connectivity index (χ2v) is 6.77. The van der Waals surface area contributed by atoms with Crippen molar-refractivity contribution in [3.05, 3.63) is 11.8 Å². The van der Waals surface area contributed by atoms with Gasteiger partial charge in [-0.15, -0.1) is 0 Å². The highest BCUT2D eigenvalue weighted by Gasteiger charge is 2.42. The number of rotatable bonds is 5. The highest BCUT2D eigenvalue weighted by atomic mass is 32.2. The smallest absolute Gasteiger partial charge is 0.258 e. The summed E-state index contributed by atoms with van der Waals surface area (Å²) in [5, 5.41) is 6.32. The minimum Gasteiger partial charge on any atom is -0.376 e. The summed E-state index contributed by atoms with van der Waals surface area (Å²) >= 11 is 0. The van der Waals surface area contributed by atoms with Gasteiger partial charge in [0, 0.05) is 18.7 Å². The molecule has 2 aliphatic rings. The summed E-state index contributed by atoms with van der Waals surface area (Å²) in [6.07, 6.45) is 4.42. The molecule has 4 N–H and O–H groups in total. The lowest BCUT2D eigenvalue weighted by atomic mass is 10.1. The van der Waals surface area contributed by atoms with E-state index in [9.17, 15) is 8.42 Å². The summed E-state index contributed by atoms with van der Waals surface area (Å²) < 4.78 is 33.0. The summed E-state index contributed by atoms with van der Waals surface area (Å²) in [5.74, 6) is 0.506. The molecule has 2 heterocycles. The molecule has 19 heavy (non-hydrogen) atoms. The first-order valence-corrected chi connectivity index (χ1v) is 7.96. The molecule has 1 aliphatic carbocycles. The molecule has 2 fully saturated rings. The van der Waals surface area contributed by atoms with Gasteiger partial charge in [0.25, 0.3) is 10.0 Å². The molecule has 1 saturated carbocycles. The summed E-state index contributed by atoms with van der Waals surface area (Å²) in [6.45, 7) is 0.751. The number of ether oxygens (including phenoxy) is 1. The van der Waals surface area contributed by atoms with E-state index in [0.29, 0.717) is 24.5 Å².